The van der Waals surface area contributed by atoms with E-state index in [1.165, 1.54) is 16.6 Å². The van der Waals surface area contributed by atoms with E-state index in [0.29, 0.717) is 17.3 Å². The number of benzene rings is 1. The first-order valence-electron chi connectivity index (χ1n) is 7.13. The van der Waals surface area contributed by atoms with Crippen molar-refractivity contribution in [2.45, 2.75) is 19.2 Å². The Hall–Kier alpha value is -2.68. The molecule has 0 aliphatic heterocycles. The minimum atomic E-state index is -4.44. The number of aromatic nitrogens is 4. The van der Waals surface area contributed by atoms with Crippen LogP contribution in [0.1, 0.15) is 23.1 Å². The molecule has 0 saturated heterocycles. The van der Waals surface area contributed by atoms with E-state index in [1.807, 2.05) is 0 Å². The van der Waals surface area contributed by atoms with E-state index in [1.54, 1.807) is 19.1 Å². The lowest BCUT2D eigenvalue weighted by Crippen LogP contribution is -2.15. The SMILES string of the molecule is Cc1nnc2ccc(NCC(O)c3cccc(C(F)(F)F)c3)nn12. The van der Waals surface area contributed by atoms with Gasteiger partial charge < -0.3 is 10.4 Å². The van der Waals surface area contributed by atoms with E-state index in [4.69, 9.17) is 0 Å². The van der Waals surface area contributed by atoms with Gasteiger partial charge in [-0.15, -0.1) is 15.3 Å². The summed E-state index contributed by atoms with van der Waals surface area (Å²) in [5, 5.41) is 25.0. The molecule has 2 aromatic heterocycles. The monoisotopic (exact) mass is 337 g/mol. The van der Waals surface area contributed by atoms with Gasteiger partial charge >= 0.3 is 6.18 Å². The Kier molecular flexibility index (Phi) is 4.10. The van der Waals surface area contributed by atoms with Gasteiger partial charge in [0.15, 0.2) is 11.5 Å². The average Bonchev–Trinajstić information content (AvgIpc) is 2.93. The molecule has 0 amide bonds. The van der Waals surface area contributed by atoms with E-state index in [0.717, 1.165) is 12.1 Å². The van der Waals surface area contributed by atoms with Crippen molar-refractivity contribution < 1.29 is 18.3 Å². The summed E-state index contributed by atoms with van der Waals surface area (Å²) >= 11 is 0. The van der Waals surface area contributed by atoms with Crippen molar-refractivity contribution in [1.29, 1.82) is 0 Å². The summed E-state index contributed by atoms with van der Waals surface area (Å²) in [5.41, 5.74) is -0.0333. The minimum Gasteiger partial charge on any atom is -0.387 e. The van der Waals surface area contributed by atoms with Gasteiger partial charge in [0.25, 0.3) is 0 Å². The van der Waals surface area contributed by atoms with Crippen LogP contribution in [0.15, 0.2) is 36.4 Å². The molecule has 0 bridgehead atoms. The molecule has 9 heteroatoms. The minimum absolute atomic E-state index is 0.0149. The maximum absolute atomic E-state index is 12.7. The Morgan fingerprint density at radius 2 is 2.00 bits per heavy atom. The number of alkyl halides is 3. The molecule has 1 aromatic carbocycles. The zero-order valence-corrected chi connectivity index (χ0v) is 12.6. The van der Waals surface area contributed by atoms with Gasteiger partial charge in [-0.1, -0.05) is 12.1 Å². The summed E-state index contributed by atoms with van der Waals surface area (Å²) in [4.78, 5) is 0. The number of halogens is 3. The molecule has 126 valence electrons. The second kappa shape index (κ2) is 6.08. The molecule has 2 heterocycles. The maximum atomic E-state index is 12.7. The predicted octanol–water partition coefficient (Wildman–Crippen LogP) is 2.60. The fourth-order valence-electron chi connectivity index (χ4n) is 2.23. The summed E-state index contributed by atoms with van der Waals surface area (Å²) in [5.74, 6) is 1.06. The number of hydrogen-bond acceptors (Lipinski definition) is 5. The maximum Gasteiger partial charge on any atom is 0.416 e. The zero-order chi connectivity index (χ0) is 17.3. The second-order valence-electron chi connectivity index (χ2n) is 5.26. The normalized spacial score (nSPS) is 13.2. The Morgan fingerprint density at radius 3 is 2.75 bits per heavy atom. The zero-order valence-electron chi connectivity index (χ0n) is 12.6. The third-order valence-electron chi connectivity index (χ3n) is 3.49. The Morgan fingerprint density at radius 1 is 1.21 bits per heavy atom. The first kappa shape index (κ1) is 16.2. The molecular weight excluding hydrogens is 323 g/mol. The van der Waals surface area contributed by atoms with Crippen molar-refractivity contribution in [1.82, 2.24) is 19.8 Å². The molecular formula is C15H14F3N5O. The molecule has 3 aromatic rings. The third kappa shape index (κ3) is 3.30. The molecule has 0 aliphatic rings. The molecule has 0 aliphatic carbocycles. The molecule has 0 radical (unpaired) electrons. The van der Waals surface area contributed by atoms with Crippen LogP contribution in [0.4, 0.5) is 19.0 Å². The number of aliphatic hydroxyl groups is 1. The highest BCUT2D eigenvalue weighted by Gasteiger charge is 2.30. The molecule has 2 N–H and O–H groups in total. The van der Waals surface area contributed by atoms with Gasteiger partial charge in [-0.05, 0) is 36.8 Å². The van der Waals surface area contributed by atoms with Gasteiger partial charge in [-0.3, -0.25) is 0 Å². The topological polar surface area (TPSA) is 75.3 Å². The number of hydrogen-bond donors (Lipinski definition) is 2. The van der Waals surface area contributed by atoms with E-state index >= 15 is 0 Å². The largest absolute Gasteiger partial charge is 0.416 e. The number of nitrogens with zero attached hydrogens (tertiary/aromatic N) is 4. The molecule has 24 heavy (non-hydrogen) atoms. The first-order valence-corrected chi connectivity index (χ1v) is 7.13. The van der Waals surface area contributed by atoms with Gasteiger partial charge in [0, 0.05) is 6.54 Å². The lowest BCUT2D eigenvalue weighted by molar-refractivity contribution is -0.137. The number of rotatable bonds is 4. The van der Waals surface area contributed by atoms with Gasteiger partial charge in [0.1, 0.15) is 5.82 Å². The number of nitrogens with one attached hydrogen (secondary N) is 1. The summed E-state index contributed by atoms with van der Waals surface area (Å²) in [6.45, 7) is 1.76. The molecule has 6 nitrogen and oxygen atoms in total. The molecule has 1 unspecified atom stereocenters. The van der Waals surface area contributed by atoms with Crippen LogP contribution in [0.5, 0.6) is 0 Å². The summed E-state index contributed by atoms with van der Waals surface area (Å²) in [6.07, 6.45) is -5.55. The van der Waals surface area contributed by atoms with Crippen LogP contribution in [0.3, 0.4) is 0 Å². The number of aliphatic hydroxyl groups excluding tert-OH is 1. The quantitative estimate of drug-likeness (QED) is 0.765. The lowest BCUT2D eigenvalue weighted by Gasteiger charge is -2.14. The Balaban J connectivity index is 1.72. The fraction of sp³-hybridized carbons (Fsp3) is 0.267. The van der Waals surface area contributed by atoms with Gasteiger partial charge in [-0.2, -0.15) is 17.7 Å². The highest BCUT2D eigenvalue weighted by atomic mass is 19.4. The summed E-state index contributed by atoms with van der Waals surface area (Å²) < 4.78 is 39.7. The van der Waals surface area contributed by atoms with Crippen LogP contribution < -0.4 is 5.32 Å². The highest BCUT2D eigenvalue weighted by Crippen LogP contribution is 2.30. The van der Waals surface area contributed by atoms with Crippen molar-refractivity contribution in [3.63, 3.8) is 0 Å². The van der Waals surface area contributed by atoms with E-state index in [9.17, 15) is 18.3 Å². The van der Waals surface area contributed by atoms with Crippen LogP contribution >= 0.6 is 0 Å². The number of fused-ring (bicyclic) bond motifs is 1. The van der Waals surface area contributed by atoms with Gasteiger partial charge in [-0.25, -0.2) is 0 Å². The number of aryl methyl sites for hydroxylation is 1. The lowest BCUT2D eigenvalue weighted by atomic mass is 10.1. The molecule has 0 saturated carbocycles. The Bertz CT molecular complexity index is 862. The smallest absolute Gasteiger partial charge is 0.387 e. The van der Waals surface area contributed by atoms with Crippen molar-refractivity contribution in [2.24, 2.45) is 0 Å². The van der Waals surface area contributed by atoms with Crippen LogP contribution in [0.25, 0.3) is 5.65 Å². The highest BCUT2D eigenvalue weighted by molar-refractivity contribution is 5.44. The second-order valence-corrected chi connectivity index (χ2v) is 5.26. The number of anilines is 1. The van der Waals surface area contributed by atoms with E-state index in [2.05, 4.69) is 20.6 Å². The van der Waals surface area contributed by atoms with Crippen molar-refractivity contribution in [2.75, 3.05) is 11.9 Å². The molecule has 0 spiro atoms. The Labute approximate surface area is 135 Å². The standard InChI is InChI=1S/C15H14F3N5O/c1-9-20-21-14-6-5-13(22-23(9)14)19-8-12(24)10-3-2-4-11(7-10)15(16,17)18/h2-7,12,24H,8H2,1H3,(H,19,22). The first-order chi connectivity index (χ1) is 11.3. The van der Waals surface area contributed by atoms with Crippen molar-refractivity contribution in [3.05, 3.63) is 53.3 Å². The van der Waals surface area contributed by atoms with Crippen molar-refractivity contribution in [3.8, 4) is 0 Å². The van der Waals surface area contributed by atoms with Gasteiger partial charge in [0.05, 0.1) is 11.7 Å². The fourth-order valence-corrected chi connectivity index (χ4v) is 2.23. The summed E-state index contributed by atoms with van der Waals surface area (Å²) in [7, 11) is 0. The van der Waals surface area contributed by atoms with Crippen molar-refractivity contribution >= 4 is 11.5 Å². The van der Waals surface area contributed by atoms with Crippen LogP contribution in [0.2, 0.25) is 0 Å². The third-order valence-corrected chi connectivity index (χ3v) is 3.49. The van der Waals surface area contributed by atoms with Crippen LogP contribution in [-0.4, -0.2) is 31.5 Å². The van der Waals surface area contributed by atoms with E-state index in [-0.39, 0.29) is 12.1 Å². The van der Waals surface area contributed by atoms with Crippen LogP contribution in [-0.2, 0) is 6.18 Å². The van der Waals surface area contributed by atoms with E-state index < -0.39 is 17.8 Å². The predicted molar refractivity (Wildman–Crippen MR) is 80.4 cm³/mol. The molecule has 0 fully saturated rings. The average molecular weight is 337 g/mol. The van der Waals surface area contributed by atoms with Crippen LogP contribution in [0, 0.1) is 6.92 Å². The molecule has 1 atom stereocenters. The summed E-state index contributed by atoms with van der Waals surface area (Å²) in [6, 6.07) is 7.98. The van der Waals surface area contributed by atoms with Gasteiger partial charge in [0.2, 0.25) is 0 Å². The molecule has 3 rings (SSSR count).